The molecule has 2 aromatic rings. The van der Waals surface area contributed by atoms with Gasteiger partial charge in [-0.15, -0.1) is 0 Å². The predicted molar refractivity (Wildman–Crippen MR) is 96.3 cm³/mol. The highest BCUT2D eigenvalue weighted by Gasteiger charge is 2.29. The molecule has 2 aromatic heterocycles. The number of nitrogens with zero attached hydrogens (tertiary/aromatic N) is 4. The molecule has 0 spiro atoms. The van der Waals surface area contributed by atoms with Crippen molar-refractivity contribution in [3.8, 4) is 11.5 Å². The van der Waals surface area contributed by atoms with Crippen LogP contribution in [-0.2, 0) is 6.42 Å². The molecule has 26 heavy (non-hydrogen) atoms. The summed E-state index contributed by atoms with van der Waals surface area (Å²) in [6.45, 7) is 1.57. The number of rotatable bonds is 4. The number of nitrogens with one attached hydrogen (secondary N) is 1. The Morgan fingerprint density at radius 3 is 2.81 bits per heavy atom. The fraction of sp³-hybridized carbons (Fsp3) is 0.579. The lowest BCUT2D eigenvalue weighted by atomic mass is 9.96. The highest BCUT2D eigenvalue weighted by molar-refractivity contribution is 5.74. The van der Waals surface area contributed by atoms with E-state index in [0.29, 0.717) is 23.7 Å². The summed E-state index contributed by atoms with van der Waals surface area (Å²) in [5, 5.41) is 7.30. The van der Waals surface area contributed by atoms with Gasteiger partial charge < -0.3 is 14.7 Å². The summed E-state index contributed by atoms with van der Waals surface area (Å²) in [5.74, 6) is 1.61. The molecule has 7 heteroatoms. The van der Waals surface area contributed by atoms with Crippen molar-refractivity contribution < 1.29 is 9.32 Å². The van der Waals surface area contributed by atoms with Crippen molar-refractivity contribution in [3.05, 3.63) is 30.4 Å². The molecule has 2 fully saturated rings. The first kappa shape index (κ1) is 17.0. The summed E-state index contributed by atoms with van der Waals surface area (Å²) in [6.07, 6.45) is 11.1. The molecule has 0 radical (unpaired) electrons. The number of likely N-dealkylation sites (tertiary alicyclic amines) is 1. The zero-order chi connectivity index (χ0) is 17.8. The Morgan fingerprint density at radius 2 is 2.00 bits per heavy atom. The van der Waals surface area contributed by atoms with Crippen LogP contribution in [0.4, 0.5) is 4.79 Å². The summed E-state index contributed by atoms with van der Waals surface area (Å²) < 4.78 is 5.35. The quantitative estimate of drug-likeness (QED) is 0.911. The second kappa shape index (κ2) is 7.85. The van der Waals surface area contributed by atoms with Crippen LogP contribution in [0.15, 0.2) is 29.0 Å². The van der Waals surface area contributed by atoms with Crippen molar-refractivity contribution in [2.75, 3.05) is 13.1 Å². The Labute approximate surface area is 153 Å². The molecule has 1 aliphatic heterocycles. The predicted octanol–water partition coefficient (Wildman–Crippen LogP) is 3.04. The molecular weight excluding hydrogens is 330 g/mol. The van der Waals surface area contributed by atoms with Crippen molar-refractivity contribution in [1.82, 2.24) is 25.3 Å². The fourth-order valence-electron chi connectivity index (χ4n) is 3.90. The monoisotopic (exact) mass is 355 g/mol. The minimum absolute atomic E-state index is 0.0880. The van der Waals surface area contributed by atoms with Crippen molar-refractivity contribution in [3.63, 3.8) is 0 Å². The van der Waals surface area contributed by atoms with Gasteiger partial charge in [-0.1, -0.05) is 24.4 Å². The summed E-state index contributed by atoms with van der Waals surface area (Å²) >= 11 is 0. The standard InChI is InChI=1S/C19H25N5O2/c25-19(21-16-4-2-1-3-5-16)24-11-8-14(13-24)12-17-22-18(26-23-17)15-6-9-20-10-7-15/h6-7,9-10,14,16H,1-5,8,11-13H2,(H,21,25). The van der Waals surface area contributed by atoms with Gasteiger partial charge in [0.05, 0.1) is 0 Å². The molecular formula is C19H25N5O2. The van der Waals surface area contributed by atoms with Crippen molar-refractivity contribution in [1.29, 1.82) is 0 Å². The second-order valence-corrected chi connectivity index (χ2v) is 7.34. The molecule has 1 atom stereocenters. The average molecular weight is 355 g/mol. The topological polar surface area (TPSA) is 84.2 Å². The Hall–Kier alpha value is -2.44. The van der Waals surface area contributed by atoms with Gasteiger partial charge in [0.15, 0.2) is 5.82 Å². The van der Waals surface area contributed by atoms with Gasteiger partial charge in [0.25, 0.3) is 5.89 Å². The van der Waals surface area contributed by atoms with Crippen LogP contribution in [0.1, 0.15) is 44.3 Å². The van der Waals surface area contributed by atoms with Gasteiger partial charge in [-0.2, -0.15) is 4.98 Å². The van der Waals surface area contributed by atoms with E-state index < -0.39 is 0 Å². The first-order valence-electron chi connectivity index (χ1n) is 9.56. The van der Waals surface area contributed by atoms with E-state index in [1.54, 1.807) is 12.4 Å². The maximum Gasteiger partial charge on any atom is 0.317 e. The second-order valence-electron chi connectivity index (χ2n) is 7.34. The molecule has 138 valence electrons. The van der Waals surface area contributed by atoms with E-state index in [-0.39, 0.29) is 6.03 Å². The minimum Gasteiger partial charge on any atom is -0.335 e. The molecule has 2 aliphatic rings. The largest absolute Gasteiger partial charge is 0.335 e. The van der Waals surface area contributed by atoms with E-state index in [1.807, 2.05) is 17.0 Å². The van der Waals surface area contributed by atoms with Gasteiger partial charge in [-0.05, 0) is 37.3 Å². The smallest absolute Gasteiger partial charge is 0.317 e. The summed E-state index contributed by atoms with van der Waals surface area (Å²) in [6, 6.07) is 4.15. The third kappa shape index (κ3) is 4.03. The van der Waals surface area contributed by atoms with Crippen LogP contribution in [0.2, 0.25) is 0 Å². The summed E-state index contributed by atoms with van der Waals surface area (Å²) in [4.78, 5) is 22.9. The summed E-state index contributed by atoms with van der Waals surface area (Å²) in [7, 11) is 0. The third-order valence-corrected chi connectivity index (χ3v) is 5.37. The van der Waals surface area contributed by atoms with Crippen molar-refractivity contribution in [2.24, 2.45) is 5.92 Å². The van der Waals surface area contributed by atoms with Gasteiger partial charge >= 0.3 is 6.03 Å². The first-order chi connectivity index (χ1) is 12.8. The zero-order valence-corrected chi connectivity index (χ0v) is 14.9. The van der Waals surface area contributed by atoms with E-state index in [0.717, 1.165) is 44.3 Å². The van der Waals surface area contributed by atoms with E-state index in [4.69, 9.17) is 4.52 Å². The van der Waals surface area contributed by atoms with Gasteiger partial charge in [-0.25, -0.2) is 4.79 Å². The number of carbonyl (C=O) groups excluding carboxylic acids is 1. The molecule has 0 bridgehead atoms. The van der Waals surface area contributed by atoms with Crippen LogP contribution in [0.25, 0.3) is 11.5 Å². The molecule has 1 saturated heterocycles. The molecule has 0 aromatic carbocycles. The molecule has 7 nitrogen and oxygen atoms in total. The molecule has 1 unspecified atom stereocenters. The summed E-state index contributed by atoms with van der Waals surface area (Å²) in [5.41, 5.74) is 0.874. The normalized spacial score (nSPS) is 21.1. The number of aromatic nitrogens is 3. The number of hydrogen-bond donors (Lipinski definition) is 1. The van der Waals surface area contributed by atoms with E-state index in [1.165, 1.54) is 19.3 Å². The third-order valence-electron chi connectivity index (χ3n) is 5.37. The van der Waals surface area contributed by atoms with Gasteiger partial charge in [0, 0.05) is 43.5 Å². The van der Waals surface area contributed by atoms with Gasteiger partial charge in [0.2, 0.25) is 0 Å². The van der Waals surface area contributed by atoms with Crippen LogP contribution in [0.5, 0.6) is 0 Å². The lowest BCUT2D eigenvalue weighted by molar-refractivity contribution is 0.198. The van der Waals surface area contributed by atoms with Crippen LogP contribution < -0.4 is 5.32 Å². The molecule has 1 N–H and O–H groups in total. The number of amides is 2. The van der Waals surface area contributed by atoms with E-state index in [2.05, 4.69) is 20.4 Å². The Balaban J connectivity index is 1.29. The molecule has 2 amide bonds. The number of hydrogen-bond acceptors (Lipinski definition) is 5. The zero-order valence-electron chi connectivity index (χ0n) is 14.9. The van der Waals surface area contributed by atoms with E-state index in [9.17, 15) is 4.79 Å². The SMILES string of the molecule is O=C(NC1CCCCC1)N1CCC(Cc2noc(-c3ccncc3)n2)C1. The van der Waals surface area contributed by atoms with Crippen LogP contribution >= 0.6 is 0 Å². The maximum absolute atomic E-state index is 12.5. The molecule has 1 aliphatic carbocycles. The van der Waals surface area contributed by atoms with Crippen molar-refractivity contribution >= 4 is 6.03 Å². The van der Waals surface area contributed by atoms with Crippen molar-refractivity contribution in [2.45, 2.75) is 51.0 Å². The van der Waals surface area contributed by atoms with Crippen LogP contribution in [-0.4, -0.2) is 45.2 Å². The Kier molecular flexibility index (Phi) is 5.13. The highest BCUT2D eigenvalue weighted by atomic mass is 16.5. The molecule has 1 saturated carbocycles. The lowest BCUT2D eigenvalue weighted by Crippen LogP contribution is -2.44. The highest BCUT2D eigenvalue weighted by Crippen LogP contribution is 2.23. The molecule has 4 rings (SSSR count). The Bertz CT molecular complexity index is 727. The lowest BCUT2D eigenvalue weighted by Gasteiger charge is -2.26. The maximum atomic E-state index is 12.5. The van der Waals surface area contributed by atoms with Crippen LogP contribution in [0, 0.1) is 5.92 Å². The van der Waals surface area contributed by atoms with Crippen LogP contribution in [0.3, 0.4) is 0 Å². The Morgan fingerprint density at radius 1 is 1.19 bits per heavy atom. The average Bonchev–Trinajstić information content (AvgIpc) is 3.33. The van der Waals surface area contributed by atoms with E-state index >= 15 is 0 Å². The number of pyridine rings is 1. The minimum atomic E-state index is 0.0880. The first-order valence-corrected chi connectivity index (χ1v) is 9.56. The van der Waals surface area contributed by atoms with Gasteiger partial charge in [-0.3, -0.25) is 4.98 Å². The fourth-order valence-corrected chi connectivity index (χ4v) is 3.90. The molecule has 3 heterocycles. The van der Waals surface area contributed by atoms with Gasteiger partial charge in [0.1, 0.15) is 0 Å². The number of carbonyl (C=O) groups is 1. The number of urea groups is 1.